The van der Waals surface area contributed by atoms with Gasteiger partial charge in [0.15, 0.2) is 11.5 Å². The van der Waals surface area contributed by atoms with Crippen LogP contribution >= 0.6 is 23.2 Å². The highest BCUT2D eigenvalue weighted by atomic mass is 35.5. The second-order valence-corrected chi connectivity index (χ2v) is 8.27. The third kappa shape index (κ3) is 4.10. The van der Waals surface area contributed by atoms with Gasteiger partial charge in [-0.25, -0.2) is 0 Å². The van der Waals surface area contributed by atoms with Crippen LogP contribution in [0.3, 0.4) is 0 Å². The molecule has 32 heavy (non-hydrogen) atoms. The number of fused-ring (bicyclic) bond motifs is 1. The lowest BCUT2D eigenvalue weighted by molar-refractivity contribution is 0.0694. The molecule has 4 rings (SSSR count). The lowest BCUT2D eigenvalue weighted by atomic mass is 9.87. The maximum absolute atomic E-state index is 13.6. The maximum Gasteiger partial charge on any atom is 0.254 e. The molecule has 1 atom stereocenters. The van der Waals surface area contributed by atoms with Crippen molar-refractivity contribution in [1.29, 1.82) is 0 Å². The largest absolute Gasteiger partial charge is 0.497 e. The Bertz CT molecular complexity index is 1150. The van der Waals surface area contributed by atoms with Gasteiger partial charge in [-0.15, -0.1) is 0 Å². The molecule has 166 valence electrons. The molecule has 3 aromatic rings. The van der Waals surface area contributed by atoms with Gasteiger partial charge in [0.2, 0.25) is 0 Å². The number of rotatable bonds is 5. The summed E-state index contributed by atoms with van der Waals surface area (Å²) in [7, 11) is 4.85. The molecule has 0 unspecified atom stereocenters. The second-order valence-electron chi connectivity index (χ2n) is 7.46. The van der Waals surface area contributed by atoms with Gasteiger partial charge in [-0.1, -0.05) is 35.3 Å². The van der Waals surface area contributed by atoms with E-state index in [2.05, 4.69) is 0 Å². The lowest BCUT2D eigenvalue weighted by Crippen LogP contribution is -2.40. The number of amides is 1. The van der Waals surface area contributed by atoms with Crippen molar-refractivity contribution in [3.63, 3.8) is 0 Å². The first kappa shape index (κ1) is 22.3. The van der Waals surface area contributed by atoms with Crippen LogP contribution in [0.2, 0.25) is 10.0 Å². The number of carbonyl (C=O) groups is 1. The van der Waals surface area contributed by atoms with Gasteiger partial charge in [0, 0.05) is 12.1 Å². The minimum absolute atomic E-state index is 0.121. The molecular weight excluding hydrogens is 449 g/mol. The molecule has 5 nitrogen and oxygen atoms in total. The summed E-state index contributed by atoms with van der Waals surface area (Å²) in [5.41, 5.74) is 3.56. The van der Waals surface area contributed by atoms with Gasteiger partial charge >= 0.3 is 0 Å². The van der Waals surface area contributed by atoms with E-state index in [0.29, 0.717) is 40.1 Å². The molecule has 0 aliphatic carbocycles. The number of ether oxygens (including phenoxy) is 3. The molecule has 1 aliphatic rings. The lowest BCUT2D eigenvalue weighted by Gasteiger charge is -2.38. The van der Waals surface area contributed by atoms with Crippen molar-refractivity contribution >= 4 is 29.1 Å². The minimum atomic E-state index is -0.314. The number of hydrogen-bond donors (Lipinski definition) is 0. The summed E-state index contributed by atoms with van der Waals surface area (Å²) in [6.07, 6.45) is 0.690. The first-order valence-corrected chi connectivity index (χ1v) is 10.9. The first-order valence-electron chi connectivity index (χ1n) is 10.1. The van der Waals surface area contributed by atoms with Crippen LogP contribution in [0.5, 0.6) is 17.2 Å². The summed E-state index contributed by atoms with van der Waals surface area (Å²) < 4.78 is 16.4. The molecule has 0 bridgehead atoms. The van der Waals surface area contributed by atoms with E-state index in [9.17, 15) is 4.79 Å². The number of carbonyl (C=O) groups excluding carboxylic acids is 1. The summed E-state index contributed by atoms with van der Waals surface area (Å²) >= 11 is 12.2. The first-order chi connectivity index (χ1) is 15.5. The highest BCUT2D eigenvalue weighted by molar-refractivity contribution is 6.42. The molecule has 0 spiro atoms. The zero-order valence-corrected chi connectivity index (χ0v) is 19.5. The fraction of sp³-hybridized carbons (Fsp3) is 0.240. The standard InChI is InChI=1S/C25H23Cl2NO4/c1-30-18-7-4-15(5-8-18)24-19-14-23(32-3)22(31-2)13-16(19)10-11-28(24)25(29)17-6-9-20(26)21(27)12-17/h4-9,12-14,24H,10-11H2,1-3H3/t24-/m0/s1. The molecule has 1 aliphatic heterocycles. The van der Waals surface area contributed by atoms with Crippen LogP contribution in [-0.2, 0) is 6.42 Å². The maximum atomic E-state index is 13.6. The molecule has 0 N–H and O–H groups in total. The average molecular weight is 472 g/mol. The van der Waals surface area contributed by atoms with Crippen molar-refractivity contribution in [3.05, 3.63) is 86.9 Å². The molecule has 0 saturated heterocycles. The van der Waals surface area contributed by atoms with Gasteiger partial charge in [-0.3, -0.25) is 4.79 Å². The number of halogens is 2. The molecule has 0 fully saturated rings. The number of benzene rings is 3. The Hall–Kier alpha value is -2.89. The van der Waals surface area contributed by atoms with Crippen LogP contribution in [-0.4, -0.2) is 38.7 Å². The second kappa shape index (κ2) is 9.31. The Labute approximate surface area is 197 Å². The van der Waals surface area contributed by atoms with E-state index >= 15 is 0 Å². The Morgan fingerprint density at radius 2 is 1.56 bits per heavy atom. The van der Waals surface area contributed by atoms with E-state index in [4.69, 9.17) is 37.4 Å². The molecule has 0 saturated carbocycles. The highest BCUT2D eigenvalue weighted by Gasteiger charge is 2.34. The van der Waals surface area contributed by atoms with Crippen molar-refractivity contribution in [2.24, 2.45) is 0 Å². The van der Waals surface area contributed by atoms with E-state index in [1.54, 1.807) is 39.5 Å². The molecule has 7 heteroatoms. The zero-order valence-electron chi connectivity index (χ0n) is 18.0. The molecule has 0 radical (unpaired) electrons. The van der Waals surface area contributed by atoms with Crippen LogP contribution in [0.15, 0.2) is 54.6 Å². The predicted octanol–water partition coefficient (Wildman–Crippen LogP) is 5.81. The van der Waals surface area contributed by atoms with E-state index in [0.717, 1.165) is 22.4 Å². The van der Waals surface area contributed by atoms with Gasteiger partial charge in [-0.05, 0) is 65.6 Å². The van der Waals surface area contributed by atoms with Gasteiger partial charge in [0.1, 0.15) is 5.75 Å². The van der Waals surface area contributed by atoms with Gasteiger partial charge < -0.3 is 19.1 Å². The van der Waals surface area contributed by atoms with Crippen LogP contribution in [0.1, 0.15) is 33.1 Å². The van der Waals surface area contributed by atoms with Gasteiger partial charge in [0.25, 0.3) is 5.91 Å². The minimum Gasteiger partial charge on any atom is -0.497 e. The van der Waals surface area contributed by atoms with Crippen molar-refractivity contribution in [2.75, 3.05) is 27.9 Å². The van der Waals surface area contributed by atoms with Crippen molar-refractivity contribution in [3.8, 4) is 17.2 Å². The number of hydrogen-bond acceptors (Lipinski definition) is 4. The topological polar surface area (TPSA) is 48.0 Å². The van der Waals surface area contributed by atoms with E-state index < -0.39 is 0 Å². The normalized spacial score (nSPS) is 15.2. The Morgan fingerprint density at radius 3 is 2.19 bits per heavy atom. The Balaban J connectivity index is 1.84. The monoisotopic (exact) mass is 471 g/mol. The summed E-state index contributed by atoms with van der Waals surface area (Å²) in [5, 5.41) is 0.762. The highest BCUT2D eigenvalue weighted by Crippen LogP contribution is 2.42. The van der Waals surface area contributed by atoms with E-state index in [-0.39, 0.29) is 11.9 Å². The molecule has 3 aromatic carbocycles. The molecular formula is C25H23Cl2NO4. The fourth-order valence-electron chi connectivity index (χ4n) is 4.11. The SMILES string of the molecule is COc1ccc([C@H]2c3cc(OC)c(OC)cc3CCN2C(=O)c2ccc(Cl)c(Cl)c2)cc1. The van der Waals surface area contributed by atoms with Crippen LogP contribution in [0, 0.1) is 0 Å². The molecule has 1 heterocycles. The van der Waals surface area contributed by atoms with Crippen molar-refractivity contribution < 1.29 is 19.0 Å². The van der Waals surface area contributed by atoms with E-state index in [1.807, 2.05) is 41.3 Å². The number of nitrogens with zero attached hydrogens (tertiary/aromatic N) is 1. The van der Waals surface area contributed by atoms with Crippen molar-refractivity contribution in [2.45, 2.75) is 12.5 Å². The quantitative estimate of drug-likeness (QED) is 0.471. The van der Waals surface area contributed by atoms with E-state index in [1.165, 1.54) is 0 Å². The van der Waals surface area contributed by atoms with Crippen LogP contribution in [0.25, 0.3) is 0 Å². The smallest absolute Gasteiger partial charge is 0.254 e. The van der Waals surface area contributed by atoms with Gasteiger partial charge in [-0.2, -0.15) is 0 Å². The van der Waals surface area contributed by atoms with Gasteiger partial charge in [0.05, 0.1) is 37.4 Å². The summed E-state index contributed by atoms with van der Waals surface area (Å²) in [6, 6.07) is 16.3. The molecule has 1 amide bonds. The summed E-state index contributed by atoms with van der Waals surface area (Å²) in [4.78, 5) is 15.5. The van der Waals surface area contributed by atoms with Crippen molar-refractivity contribution in [1.82, 2.24) is 4.90 Å². The Morgan fingerprint density at radius 1 is 0.875 bits per heavy atom. The average Bonchev–Trinajstić information content (AvgIpc) is 2.83. The molecule has 0 aromatic heterocycles. The van der Waals surface area contributed by atoms with Crippen LogP contribution < -0.4 is 14.2 Å². The fourth-order valence-corrected chi connectivity index (χ4v) is 4.40. The third-order valence-electron chi connectivity index (χ3n) is 5.73. The number of methoxy groups -OCH3 is 3. The third-order valence-corrected chi connectivity index (χ3v) is 6.47. The van der Waals surface area contributed by atoms with Crippen LogP contribution in [0.4, 0.5) is 0 Å². The zero-order chi connectivity index (χ0) is 22.8. The summed E-state index contributed by atoms with van der Waals surface area (Å²) in [5.74, 6) is 1.92. The Kier molecular flexibility index (Phi) is 6.49. The summed E-state index contributed by atoms with van der Waals surface area (Å²) in [6.45, 7) is 0.540. The predicted molar refractivity (Wildman–Crippen MR) is 126 cm³/mol.